The minimum atomic E-state index is 0.558. The van der Waals surface area contributed by atoms with Gasteiger partial charge in [-0.15, -0.1) is 0 Å². The average molecular weight is 312 g/mol. The highest BCUT2D eigenvalue weighted by Gasteiger charge is 2.13. The minimum Gasteiger partial charge on any atom is -0.493 e. The maximum Gasteiger partial charge on any atom is 0.122 e. The van der Waals surface area contributed by atoms with Crippen molar-refractivity contribution in [3.8, 4) is 5.75 Å². The highest BCUT2D eigenvalue weighted by atomic mass is 79.9. The average Bonchev–Trinajstić information content (AvgIpc) is 2.81. The molecule has 1 unspecified atom stereocenters. The summed E-state index contributed by atoms with van der Waals surface area (Å²) in [7, 11) is 0. The fourth-order valence-corrected chi connectivity index (χ4v) is 3.24. The zero-order chi connectivity index (χ0) is 13.0. The Morgan fingerprint density at radius 1 is 1.39 bits per heavy atom. The first-order valence-electron chi connectivity index (χ1n) is 6.74. The Hall–Kier alpha value is -0.540. The van der Waals surface area contributed by atoms with Crippen molar-refractivity contribution >= 4 is 15.9 Å². The summed E-state index contributed by atoms with van der Waals surface area (Å²) in [6.07, 6.45) is 2.15. The molecule has 2 rings (SSSR count). The number of benzene rings is 1. The second kappa shape index (κ2) is 6.58. The zero-order valence-corrected chi connectivity index (χ0v) is 12.8. The van der Waals surface area contributed by atoms with Gasteiger partial charge in [0.25, 0.3) is 0 Å². The van der Waals surface area contributed by atoms with Gasteiger partial charge in [-0.2, -0.15) is 0 Å². The van der Waals surface area contributed by atoms with Crippen LogP contribution in [0.25, 0.3) is 0 Å². The number of alkyl halides is 1. The number of ether oxygens (including phenoxy) is 1. The Bertz CT molecular complexity index is 392. The van der Waals surface area contributed by atoms with Crippen LogP contribution >= 0.6 is 15.9 Å². The maximum absolute atomic E-state index is 5.52. The zero-order valence-electron chi connectivity index (χ0n) is 11.2. The van der Waals surface area contributed by atoms with Crippen molar-refractivity contribution in [1.29, 1.82) is 0 Å². The Morgan fingerprint density at radius 3 is 2.94 bits per heavy atom. The van der Waals surface area contributed by atoms with E-state index < -0.39 is 0 Å². The summed E-state index contributed by atoms with van der Waals surface area (Å²) in [5, 5.41) is 4.62. The van der Waals surface area contributed by atoms with Gasteiger partial charge in [0.2, 0.25) is 0 Å². The van der Waals surface area contributed by atoms with Crippen LogP contribution < -0.4 is 10.1 Å². The lowest BCUT2D eigenvalue weighted by atomic mass is 10.0. The summed E-state index contributed by atoms with van der Waals surface area (Å²) in [5.74, 6) is 1.74. The van der Waals surface area contributed by atoms with E-state index >= 15 is 0 Å². The smallest absolute Gasteiger partial charge is 0.122 e. The second-order valence-corrected chi connectivity index (χ2v) is 5.90. The lowest BCUT2D eigenvalue weighted by Crippen LogP contribution is -2.36. The molecule has 100 valence electrons. The van der Waals surface area contributed by atoms with Gasteiger partial charge in [-0.25, -0.2) is 0 Å². The highest BCUT2D eigenvalue weighted by molar-refractivity contribution is 9.09. The Balaban J connectivity index is 1.83. The molecule has 0 saturated carbocycles. The predicted octanol–water partition coefficient (Wildman–Crippen LogP) is 3.17. The van der Waals surface area contributed by atoms with E-state index in [1.807, 2.05) is 0 Å². The fraction of sp³-hybridized carbons (Fsp3) is 0.600. The van der Waals surface area contributed by atoms with Gasteiger partial charge in [0.1, 0.15) is 5.75 Å². The van der Waals surface area contributed by atoms with E-state index in [9.17, 15) is 0 Å². The molecule has 0 fully saturated rings. The predicted molar refractivity (Wildman–Crippen MR) is 79.8 cm³/mol. The van der Waals surface area contributed by atoms with E-state index in [0.29, 0.717) is 12.0 Å². The number of halogens is 1. The van der Waals surface area contributed by atoms with Gasteiger partial charge < -0.3 is 10.1 Å². The van der Waals surface area contributed by atoms with Gasteiger partial charge >= 0.3 is 0 Å². The third-order valence-electron chi connectivity index (χ3n) is 3.55. The van der Waals surface area contributed by atoms with Gasteiger partial charge in [-0.3, -0.25) is 0 Å². The molecular formula is C15H22BrNO. The summed E-state index contributed by atoms with van der Waals surface area (Å²) in [5.41, 5.74) is 2.78. The molecule has 2 nitrogen and oxygen atoms in total. The second-order valence-electron chi connectivity index (χ2n) is 5.25. The molecule has 1 aliphatic rings. The largest absolute Gasteiger partial charge is 0.493 e. The summed E-state index contributed by atoms with van der Waals surface area (Å²) >= 11 is 3.56. The molecule has 1 atom stereocenters. The van der Waals surface area contributed by atoms with Crippen LogP contribution in [0, 0.1) is 5.92 Å². The molecule has 1 aliphatic heterocycles. The molecule has 0 spiro atoms. The molecule has 0 radical (unpaired) electrons. The molecule has 0 amide bonds. The van der Waals surface area contributed by atoms with Crippen molar-refractivity contribution in [3.63, 3.8) is 0 Å². The van der Waals surface area contributed by atoms with Gasteiger partial charge in [-0.05, 0) is 36.1 Å². The van der Waals surface area contributed by atoms with Crippen LogP contribution in [0.4, 0.5) is 0 Å². The highest BCUT2D eigenvalue weighted by Crippen LogP contribution is 2.25. The van der Waals surface area contributed by atoms with Crippen LogP contribution in [0.5, 0.6) is 5.75 Å². The van der Waals surface area contributed by atoms with Gasteiger partial charge in [0.05, 0.1) is 6.61 Å². The van der Waals surface area contributed by atoms with E-state index in [1.54, 1.807) is 0 Å². The summed E-state index contributed by atoms with van der Waals surface area (Å²) in [6.45, 7) is 6.39. The van der Waals surface area contributed by atoms with E-state index in [0.717, 1.165) is 37.1 Å². The lowest BCUT2D eigenvalue weighted by molar-refractivity contribution is 0.357. The molecule has 1 aromatic carbocycles. The third-order valence-corrected chi connectivity index (χ3v) is 4.24. The topological polar surface area (TPSA) is 21.3 Å². The maximum atomic E-state index is 5.52. The van der Waals surface area contributed by atoms with Crippen molar-refractivity contribution in [2.75, 3.05) is 18.5 Å². The monoisotopic (exact) mass is 311 g/mol. The van der Waals surface area contributed by atoms with E-state index in [2.05, 4.69) is 53.3 Å². The Morgan fingerprint density at radius 2 is 2.22 bits per heavy atom. The van der Waals surface area contributed by atoms with Crippen LogP contribution in [0.15, 0.2) is 18.2 Å². The Labute approximate surface area is 118 Å². The molecule has 0 saturated heterocycles. The van der Waals surface area contributed by atoms with Crippen molar-refractivity contribution in [2.24, 2.45) is 5.92 Å². The van der Waals surface area contributed by atoms with E-state index in [-0.39, 0.29) is 0 Å². The lowest BCUT2D eigenvalue weighted by Gasteiger charge is -2.19. The first-order chi connectivity index (χ1) is 8.70. The van der Waals surface area contributed by atoms with Crippen molar-refractivity contribution in [3.05, 3.63) is 29.3 Å². The van der Waals surface area contributed by atoms with Gasteiger partial charge in [-0.1, -0.05) is 41.9 Å². The van der Waals surface area contributed by atoms with Crippen LogP contribution in [-0.2, 0) is 12.8 Å². The molecule has 0 bridgehead atoms. The minimum absolute atomic E-state index is 0.558. The van der Waals surface area contributed by atoms with Crippen molar-refractivity contribution < 1.29 is 4.74 Å². The van der Waals surface area contributed by atoms with Crippen LogP contribution in [0.1, 0.15) is 25.0 Å². The fourth-order valence-electron chi connectivity index (χ4n) is 2.27. The molecule has 0 aromatic heterocycles. The normalized spacial score (nSPS) is 15.6. The first kappa shape index (κ1) is 13.9. The molecule has 3 heteroatoms. The number of hydrogen-bond donors (Lipinski definition) is 1. The summed E-state index contributed by atoms with van der Waals surface area (Å²) < 4.78 is 5.52. The van der Waals surface area contributed by atoms with Gasteiger partial charge in [0, 0.05) is 17.8 Å². The molecule has 1 heterocycles. The Kier molecular flexibility index (Phi) is 5.07. The van der Waals surface area contributed by atoms with Crippen molar-refractivity contribution in [2.45, 2.75) is 32.7 Å². The number of nitrogens with one attached hydrogen (secondary N) is 1. The van der Waals surface area contributed by atoms with Crippen LogP contribution in [0.2, 0.25) is 0 Å². The number of hydrogen-bond acceptors (Lipinski definition) is 2. The first-order valence-corrected chi connectivity index (χ1v) is 7.87. The molecule has 18 heavy (non-hydrogen) atoms. The van der Waals surface area contributed by atoms with Crippen LogP contribution in [0.3, 0.4) is 0 Å². The summed E-state index contributed by atoms with van der Waals surface area (Å²) in [4.78, 5) is 0. The van der Waals surface area contributed by atoms with E-state index in [4.69, 9.17) is 4.74 Å². The molecule has 1 aromatic rings. The molecular weight excluding hydrogens is 290 g/mol. The molecule has 1 N–H and O–H groups in total. The van der Waals surface area contributed by atoms with Gasteiger partial charge in [0.15, 0.2) is 0 Å². The van der Waals surface area contributed by atoms with Crippen LogP contribution in [-0.4, -0.2) is 24.5 Å². The summed E-state index contributed by atoms with van der Waals surface area (Å²) in [6, 6.07) is 7.15. The third kappa shape index (κ3) is 3.48. The number of rotatable bonds is 6. The SMILES string of the molecule is CC(C)C(CBr)NCCc1ccc2c(c1)CCO2. The van der Waals surface area contributed by atoms with Crippen molar-refractivity contribution in [1.82, 2.24) is 5.32 Å². The molecule has 0 aliphatic carbocycles. The number of fused-ring (bicyclic) bond motifs is 1. The van der Waals surface area contributed by atoms with E-state index in [1.165, 1.54) is 11.1 Å². The standard InChI is InChI=1S/C15H22BrNO/c1-11(2)14(10-16)17-7-5-12-3-4-15-13(9-12)6-8-18-15/h3-4,9,11,14,17H,5-8,10H2,1-2H3. The quantitative estimate of drug-likeness (QED) is 0.815.